The summed E-state index contributed by atoms with van der Waals surface area (Å²) in [6.07, 6.45) is 2.34. The van der Waals surface area contributed by atoms with Gasteiger partial charge in [0.05, 0.1) is 14.2 Å². The van der Waals surface area contributed by atoms with Crippen molar-refractivity contribution in [1.82, 2.24) is 10.3 Å². The Bertz CT molecular complexity index is 959. The zero-order valence-electron chi connectivity index (χ0n) is 16.6. The molecule has 0 aliphatic heterocycles. The van der Waals surface area contributed by atoms with Crippen molar-refractivity contribution in [3.8, 4) is 11.5 Å². The van der Waals surface area contributed by atoms with Crippen molar-refractivity contribution in [3.63, 3.8) is 0 Å². The van der Waals surface area contributed by atoms with Crippen molar-refractivity contribution < 1.29 is 14.3 Å². The number of carbonyl (C=O) groups is 1. The zero-order chi connectivity index (χ0) is 20.5. The second-order valence-electron chi connectivity index (χ2n) is 6.45. The lowest BCUT2D eigenvalue weighted by Gasteiger charge is -2.11. The summed E-state index contributed by atoms with van der Waals surface area (Å²) >= 11 is 0. The van der Waals surface area contributed by atoms with Crippen LogP contribution in [0, 0.1) is 0 Å². The van der Waals surface area contributed by atoms with Gasteiger partial charge >= 0.3 is 0 Å². The zero-order valence-corrected chi connectivity index (χ0v) is 16.6. The molecule has 0 radical (unpaired) electrons. The molecular formula is C23H25N3O3. The fourth-order valence-corrected chi connectivity index (χ4v) is 2.95. The Hall–Kier alpha value is -3.54. The number of nitrogens with one attached hydrogen (secondary N) is 2. The minimum atomic E-state index is -0.200. The molecule has 150 valence electrons. The monoisotopic (exact) mass is 391 g/mol. The second kappa shape index (κ2) is 10.1. The lowest BCUT2D eigenvalue weighted by atomic mass is 10.1. The normalized spacial score (nSPS) is 10.3. The van der Waals surface area contributed by atoms with Crippen molar-refractivity contribution in [2.75, 3.05) is 26.1 Å². The molecule has 0 spiro atoms. The van der Waals surface area contributed by atoms with E-state index in [9.17, 15) is 4.79 Å². The van der Waals surface area contributed by atoms with Crippen LogP contribution in [0.1, 0.15) is 21.6 Å². The van der Waals surface area contributed by atoms with Crippen LogP contribution in [0.3, 0.4) is 0 Å². The highest BCUT2D eigenvalue weighted by atomic mass is 16.5. The SMILES string of the molecule is COc1cccc(CCNC(=O)c2cc(NCc3ccccc3OC)ccn2)c1. The van der Waals surface area contributed by atoms with Gasteiger partial charge in [0.2, 0.25) is 0 Å². The Morgan fingerprint density at radius 2 is 1.86 bits per heavy atom. The number of rotatable bonds is 9. The summed E-state index contributed by atoms with van der Waals surface area (Å²) in [5, 5.41) is 6.23. The molecule has 0 unspecified atom stereocenters. The van der Waals surface area contributed by atoms with Gasteiger partial charge < -0.3 is 20.1 Å². The molecule has 0 saturated carbocycles. The van der Waals surface area contributed by atoms with Crippen molar-refractivity contribution in [2.45, 2.75) is 13.0 Å². The van der Waals surface area contributed by atoms with Crippen LogP contribution in [0.2, 0.25) is 0 Å². The minimum Gasteiger partial charge on any atom is -0.497 e. The van der Waals surface area contributed by atoms with Gasteiger partial charge in [-0.1, -0.05) is 30.3 Å². The maximum absolute atomic E-state index is 12.4. The number of nitrogens with zero attached hydrogens (tertiary/aromatic N) is 1. The number of ether oxygens (including phenoxy) is 2. The first-order valence-corrected chi connectivity index (χ1v) is 9.42. The van der Waals surface area contributed by atoms with Gasteiger partial charge in [0.25, 0.3) is 5.91 Å². The molecule has 2 N–H and O–H groups in total. The lowest BCUT2D eigenvalue weighted by Crippen LogP contribution is -2.26. The number of para-hydroxylation sites is 1. The maximum atomic E-state index is 12.4. The first-order valence-electron chi connectivity index (χ1n) is 9.42. The average Bonchev–Trinajstić information content (AvgIpc) is 2.78. The summed E-state index contributed by atoms with van der Waals surface area (Å²) in [5.74, 6) is 1.43. The third-order valence-corrected chi connectivity index (χ3v) is 4.50. The molecule has 2 aromatic carbocycles. The molecule has 1 amide bonds. The molecule has 1 aromatic heterocycles. The topological polar surface area (TPSA) is 72.5 Å². The number of anilines is 1. The number of hydrogen-bond donors (Lipinski definition) is 2. The Morgan fingerprint density at radius 1 is 1.00 bits per heavy atom. The smallest absolute Gasteiger partial charge is 0.269 e. The van der Waals surface area contributed by atoms with Gasteiger partial charge in [-0.3, -0.25) is 9.78 Å². The van der Waals surface area contributed by atoms with Gasteiger partial charge in [-0.05, 0) is 42.3 Å². The molecule has 0 saturated heterocycles. The van der Waals surface area contributed by atoms with E-state index >= 15 is 0 Å². The summed E-state index contributed by atoms with van der Waals surface area (Å²) in [5.41, 5.74) is 3.34. The second-order valence-corrected chi connectivity index (χ2v) is 6.45. The summed E-state index contributed by atoms with van der Waals surface area (Å²) in [4.78, 5) is 16.6. The van der Waals surface area contributed by atoms with Gasteiger partial charge in [0.1, 0.15) is 17.2 Å². The Labute approximate surface area is 170 Å². The lowest BCUT2D eigenvalue weighted by molar-refractivity contribution is 0.0949. The summed E-state index contributed by atoms with van der Waals surface area (Å²) < 4.78 is 10.6. The van der Waals surface area contributed by atoms with E-state index in [2.05, 4.69) is 15.6 Å². The van der Waals surface area contributed by atoms with Crippen molar-refractivity contribution in [1.29, 1.82) is 0 Å². The van der Waals surface area contributed by atoms with E-state index in [-0.39, 0.29) is 5.91 Å². The highest BCUT2D eigenvalue weighted by molar-refractivity contribution is 5.93. The molecule has 0 aliphatic carbocycles. The Balaban J connectivity index is 1.54. The third-order valence-electron chi connectivity index (χ3n) is 4.50. The number of amides is 1. The fraction of sp³-hybridized carbons (Fsp3) is 0.217. The number of methoxy groups -OCH3 is 2. The van der Waals surface area contributed by atoms with Crippen LogP contribution < -0.4 is 20.1 Å². The van der Waals surface area contributed by atoms with Crippen LogP contribution in [0.15, 0.2) is 66.9 Å². The predicted octanol–water partition coefficient (Wildman–Crippen LogP) is 3.68. The van der Waals surface area contributed by atoms with E-state index in [0.29, 0.717) is 25.2 Å². The maximum Gasteiger partial charge on any atom is 0.269 e. The molecule has 3 aromatic rings. The Morgan fingerprint density at radius 3 is 2.69 bits per heavy atom. The van der Waals surface area contributed by atoms with E-state index in [1.54, 1.807) is 26.5 Å². The van der Waals surface area contributed by atoms with Crippen LogP contribution in [0.5, 0.6) is 11.5 Å². The van der Waals surface area contributed by atoms with Gasteiger partial charge in [-0.15, -0.1) is 0 Å². The average molecular weight is 391 g/mol. The summed E-state index contributed by atoms with van der Waals surface area (Å²) in [6.45, 7) is 1.11. The molecule has 3 rings (SSSR count). The highest BCUT2D eigenvalue weighted by Crippen LogP contribution is 2.19. The molecular weight excluding hydrogens is 366 g/mol. The number of aromatic nitrogens is 1. The molecule has 29 heavy (non-hydrogen) atoms. The number of hydrogen-bond acceptors (Lipinski definition) is 5. The number of benzene rings is 2. The Kier molecular flexibility index (Phi) is 7.05. The molecule has 0 fully saturated rings. The predicted molar refractivity (Wildman–Crippen MR) is 114 cm³/mol. The number of carbonyl (C=O) groups excluding carboxylic acids is 1. The van der Waals surface area contributed by atoms with Crippen LogP contribution in [0.25, 0.3) is 0 Å². The summed E-state index contributed by atoms with van der Waals surface area (Å²) in [7, 11) is 3.29. The highest BCUT2D eigenvalue weighted by Gasteiger charge is 2.08. The van der Waals surface area contributed by atoms with Crippen molar-refractivity contribution >= 4 is 11.6 Å². The van der Waals surface area contributed by atoms with E-state index < -0.39 is 0 Å². The fourth-order valence-electron chi connectivity index (χ4n) is 2.95. The van der Waals surface area contributed by atoms with Gasteiger partial charge in [-0.2, -0.15) is 0 Å². The van der Waals surface area contributed by atoms with Crippen LogP contribution in [-0.2, 0) is 13.0 Å². The van der Waals surface area contributed by atoms with Crippen LogP contribution in [-0.4, -0.2) is 31.7 Å². The first kappa shape index (κ1) is 20.2. The van der Waals surface area contributed by atoms with Crippen LogP contribution in [0.4, 0.5) is 5.69 Å². The van der Waals surface area contributed by atoms with Crippen LogP contribution >= 0.6 is 0 Å². The van der Waals surface area contributed by atoms with Gasteiger partial charge in [-0.25, -0.2) is 0 Å². The van der Waals surface area contributed by atoms with E-state index in [0.717, 1.165) is 28.3 Å². The minimum absolute atomic E-state index is 0.200. The quantitative estimate of drug-likeness (QED) is 0.582. The van der Waals surface area contributed by atoms with Crippen molar-refractivity contribution in [2.24, 2.45) is 0 Å². The molecule has 1 heterocycles. The molecule has 6 nitrogen and oxygen atoms in total. The molecule has 0 atom stereocenters. The third kappa shape index (κ3) is 5.72. The van der Waals surface area contributed by atoms with E-state index in [1.807, 2.05) is 54.6 Å². The van der Waals surface area contributed by atoms with Crippen molar-refractivity contribution in [3.05, 3.63) is 83.7 Å². The molecule has 0 bridgehead atoms. The first-order chi connectivity index (χ1) is 14.2. The molecule has 0 aliphatic rings. The van der Waals surface area contributed by atoms with Gasteiger partial charge in [0, 0.05) is 30.5 Å². The molecule has 6 heteroatoms. The largest absolute Gasteiger partial charge is 0.497 e. The number of pyridine rings is 1. The van der Waals surface area contributed by atoms with E-state index in [4.69, 9.17) is 9.47 Å². The summed E-state index contributed by atoms with van der Waals surface area (Å²) in [6, 6.07) is 19.2. The standard InChI is InChI=1S/C23H25N3O3/c1-28-20-8-5-6-17(14-20)10-12-25-23(27)21-15-19(11-13-24-21)26-16-18-7-3-4-9-22(18)29-2/h3-9,11,13-15H,10,12,16H2,1-2H3,(H,24,26)(H,25,27). The van der Waals surface area contributed by atoms with Gasteiger partial charge in [0.15, 0.2) is 0 Å². The van der Waals surface area contributed by atoms with E-state index in [1.165, 1.54) is 0 Å².